The van der Waals surface area contributed by atoms with E-state index in [4.69, 9.17) is 32.6 Å². The van der Waals surface area contributed by atoms with E-state index in [1.165, 1.54) is 5.56 Å². The molecule has 0 N–H and O–H groups in total. The van der Waals surface area contributed by atoms with E-state index in [-0.39, 0.29) is 39.0 Å². The van der Waals surface area contributed by atoms with Crippen molar-refractivity contribution < 1.29 is 66.8 Å². The van der Waals surface area contributed by atoms with Crippen molar-refractivity contribution in [2.24, 2.45) is 0 Å². The number of allylic oxidation sites excluding steroid dienone is 1. The zero-order chi connectivity index (χ0) is 22.4. The Hall–Kier alpha value is -0.722. The number of benzene rings is 1. The summed E-state index contributed by atoms with van der Waals surface area (Å²) < 4.78 is 51.3. The SMILES string of the molecule is CCO/C=C(\[Se])C([Se])c1ccccc1.[C-]#[O+].[C-]#[O+].[C-]#[O+].[C-]#[O+].[C-]#[O+].[C-]#[O+].[Fe].[Fe]. The molecule has 2 radical (unpaired) electrons. The monoisotopic (exact) mass is 600 g/mol. The summed E-state index contributed by atoms with van der Waals surface area (Å²) in [6.45, 7) is 29.7. The van der Waals surface area contributed by atoms with E-state index in [0.29, 0.717) is 6.61 Å². The summed E-state index contributed by atoms with van der Waals surface area (Å²) in [7, 11) is 0. The van der Waals surface area contributed by atoms with Gasteiger partial charge < -0.3 is 0 Å². The third kappa shape index (κ3) is 40.1. The van der Waals surface area contributed by atoms with Gasteiger partial charge in [0.1, 0.15) is 0 Å². The van der Waals surface area contributed by atoms with E-state index >= 15 is 0 Å². The van der Waals surface area contributed by atoms with Crippen LogP contribution in [0.25, 0.3) is 0 Å². The smallest absolute Gasteiger partial charge is 0 e. The maximum atomic E-state index is 7.50. The first kappa shape index (κ1) is 50.7. The fourth-order valence-corrected chi connectivity index (χ4v) is 1.89. The van der Waals surface area contributed by atoms with Gasteiger partial charge in [0.05, 0.1) is 0 Å². The Morgan fingerprint density at radius 1 is 0.857 bits per heavy atom. The molecule has 28 heavy (non-hydrogen) atoms. The molecule has 0 saturated heterocycles. The molecule has 1 unspecified atom stereocenters. The second-order valence-corrected chi connectivity index (χ2v) is 4.74. The van der Waals surface area contributed by atoms with Gasteiger partial charge in [-0.05, 0) is 0 Å². The topological polar surface area (TPSA) is 129 Å². The van der Waals surface area contributed by atoms with Crippen LogP contribution in [0.4, 0.5) is 0 Å². The molecule has 0 amide bonds. The summed E-state index contributed by atoms with van der Waals surface area (Å²) in [4.78, 5) is 0.253. The fraction of sp³-hybridized carbons (Fsp3) is 0.176. The molecule has 1 aromatic carbocycles. The molecule has 0 saturated carbocycles. The molecule has 0 aliphatic carbocycles. The van der Waals surface area contributed by atoms with Gasteiger partial charge in [-0.1, -0.05) is 0 Å². The second-order valence-electron chi connectivity index (χ2n) is 2.77. The quantitative estimate of drug-likeness (QED) is 0.223. The van der Waals surface area contributed by atoms with Crippen LogP contribution in [0.15, 0.2) is 41.1 Å². The van der Waals surface area contributed by atoms with Gasteiger partial charge in [-0.2, -0.15) is 0 Å². The van der Waals surface area contributed by atoms with Gasteiger partial charge in [0, 0.05) is 34.1 Å². The van der Waals surface area contributed by atoms with Crippen molar-refractivity contribution in [3.8, 4) is 0 Å². The Balaban J connectivity index is -0.0000000410. The Bertz CT molecular complexity index is 493. The van der Waals surface area contributed by atoms with Crippen molar-refractivity contribution >= 4 is 32.0 Å². The molecule has 1 aromatic rings. The molecule has 0 spiro atoms. The van der Waals surface area contributed by atoms with Gasteiger partial charge in [0.2, 0.25) is 0 Å². The maximum absolute atomic E-state index is 7.50. The predicted molar refractivity (Wildman–Crippen MR) is 84.0 cm³/mol. The van der Waals surface area contributed by atoms with E-state index in [0.717, 1.165) is 4.47 Å². The summed E-state index contributed by atoms with van der Waals surface area (Å²) in [5, 5.41) is 0. The zero-order valence-electron chi connectivity index (χ0n) is 14.1. The summed E-state index contributed by atoms with van der Waals surface area (Å²) in [5.74, 6) is 0. The first-order valence-electron chi connectivity index (χ1n) is 5.67. The summed E-state index contributed by atoms with van der Waals surface area (Å²) in [6.07, 6.45) is 1.77. The van der Waals surface area contributed by atoms with Crippen LogP contribution < -0.4 is 0 Å². The van der Waals surface area contributed by atoms with Crippen molar-refractivity contribution in [3.05, 3.63) is 86.5 Å². The summed E-state index contributed by atoms with van der Waals surface area (Å²) >= 11 is 6.14. The number of ether oxygens (including phenoxy) is 1. The predicted octanol–water partition coefficient (Wildman–Crippen LogP) is 1.71. The Morgan fingerprint density at radius 2 is 1.18 bits per heavy atom. The van der Waals surface area contributed by atoms with Crippen molar-refractivity contribution in [2.75, 3.05) is 6.61 Å². The van der Waals surface area contributed by atoms with Crippen LogP contribution in [0.1, 0.15) is 17.3 Å². The third-order valence-electron chi connectivity index (χ3n) is 1.73. The normalized spacial score (nSPS) is 7.29. The molecule has 7 nitrogen and oxygen atoms in total. The fourth-order valence-electron chi connectivity index (χ4n) is 1.02. The van der Waals surface area contributed by atoms with Crippen LogP contribution in [-0.4, -0.2) is 38.6 Å². The molecular weight excluding hydrogens is 586 g/mol. The van der Waals surface area contributed by atoms with Gasteiger partial charge in [-0.25, -0.2) is 0 Å². The van der Waals surface area contributed by atoms with E-state index < -0.39 is 0 Å². The van der Waals surface area contributed by atoms with Crippen LogP contribution >= 0.6 is 0 Å². The van der Waals surface area contributed by atoms with Gasteiger partial charge in [-0.15, -0.1) is 0 Å². The standard InChI is InChI=1S/C11H12OSe2.6CO.2Fe/c1-2-12-8-10(13)11(14)9-6-4-3-5-7-9;6*1-2;;/h3-8,11H,2H2,1H3;;;;;;;;/b10-8-;;;;;;;;. The van der Waals surface area contributed by atoms with Crippen LogP contribution in [0.5, 0.6) is 0 Å². The molecule has 1 rings (SSSR count). The summed E-state index contributed by atoms with van der Waals surface area (Å²) in [5.41, 5.74) is 1.25. The van der Waals surface area contributed by atoms with Crippen molar-refractivity contribution in [2.45, 2.75) is 11.7 Å². The average Bonchev–Trinajstić information content (AvgIpc) is 2.80. The Kier molecular flexibility index (Phi) is 115. The molecule has 0 aliphatic heterocycles. The summed E-state index contributed by atoms with van der Waals surface area (Å²) in [6, 6.07) is 10.3. The number of rotatable bonds is 4. The van der Waals surface area contributed by atoms with Crippen molar-refractivity contribution in [1.82, 2.24) is 0 Å². The van der Waals surface area contributed by atoms with E-state index in [9.17, 15) is 0 Å². The minimum Gasteiger partial charge on any atom is 0 e. The first-order chi connectivity index (χ1) is 12.8. The van der Waals surface area contributed by atoms with Gasteiger partial charge in [0.25, 0.3) is 0 Å². The largest absolute Gasteiger partial charge is 0 e. The van der Waals surface area contributed by atoms with Crippen molar-refractivity contribution in [3.63, 3.8) is 0 Å². The van der Waals surface area contributed by atoms with E-state index in [1.54, 1.807) is 6.26 Å². The molecule has 11 heteroatoms. The zero-order valence-corrected chi connectivity index (χ0v) is 19.8. The average molecular weight is 598 g/mol. The molecule has 0 fully saturated rings. The first-order valence-corrected chi connectivity index (χ1v) is 7.52. The molecule has 0 bridgehead atoms. The minimum absolute atomic E-state index is 0. The molecule has 150 valence electrons. The van der Waals surface area contributed by atoms with Crippen LogP contribution in [0, 0.1) is 39.9 Å². The maximum Gasteiger partial charge on any atom is 0 e. The van der Waals surface area contributed by atoms with Crippen LogP contribution in [-0.2, 0) is 66.8 Å². The number of hydrogen-bond donors (Lipinski definition) is 0. The van der Waals surface area contributed by atoms with Crippen LogP contribution in [0.3, 0.4) is 0 Å². The number of hydrogen-bond acceptors (Lipinski definition) is 1. The van der Waals surface area contributed by atoms with E-state index in [1.807, 2.05) is 25.1 Å². The van der Waals surface area contributed by atoms with E-state index in [2.05, 4.69) is 84.1 Å². The molecule has 0 heterocycles. The van der Waals surface area contributed by atoms with Crippen LogP contribution in [0.2, 0.25) is 0 Å². The minimum atomic E-state index is 0. The Labute approximate surface area is 202 Å². The molecule has 0 aromatic heterocycles. The van der Waals surface area contributed by atoms with Gasteiger partial charge in [-0.3, -0.25) is 0 Å². The van der Waals surface area contributed by atoms with Gasteiger partial charge in [0.15, 0.2) is 0 Å². The third-order valence-corrected chi connectivity index (χ3v) is 4.28. The molecule has 0 aliphatic rings. The van der Waals surface area contributed by atoms with Crippen molar-refractivity contribution in [1.29, 1.82) is 0 Å². The second kappa shape index (κ2) is 63.4. The molecule has 1 atom stereocenters. The van der Waals surface area contributed by atoms with Gasteiger partial charge >= 0.3 is 170 Å². The Morgan fingerprint density at radius 3 is 1.46 bits per heavy atom. The molecular formula is C17H12Fe2O7Se2.